The summed E-state index contributed by atoms with van der Waals surface area (Å²) in [7, 11) is 0. The molecule has 29 heavy (non-hydrogen) atoms. The molecule has 0 bridgehead atoms. The molecule has 0 saturated carbocycles. The van der Waals surface area contributed by atoms with Crippen LogP contribution in [0.3, 0.4) is 0 Å². The molecule has 1 fully saturated rings. The Hall–Kier alpha value is -2.99. The normalized spacial score (nSPS) is 14.1. The number of halogens is 1. The van der Waals surface area contributed by atoms with Gasteiger partial charge in [-0.3, -0.25) is 4.79 Å². The summed E-state index contributed by atoms with van der Waals surface area (Å²) in [6.07, 6.45) is 0. The van der Waals surface area contributed by atoms with Gasteiger partial charge in [0.25, 0.3) is 5.91 Å². The molecule has 3 aromatic rings. The predicted molar refractivity (Wildman–Crippen MR) is 113 cm³/mol. The van der Waals surface area contributed by atoms with Crippen LogP contribution in [0.4, 0.5) is 5.69 Å². The third-order valence-corrected chi connectivity index (χ3v) is 5.15. The van der Waals surface area contributed by atoms with Crippen molar-refractivity contribution in [3.05, 3.63) is 65.3 Å². The van der Waals surface area contributed by atoms with Gasteiger partial charge >= 0.3 is 0 Å². The fraction of sp³-hybridized carbons (Fsp3) is 0.273. The molecular formula is C22H22ClN3O3. The summed E-state index contributed by atoms with van der Waals surface area (Å²) >= 11 is 6.08. The SMILES string of the molecule is CCOc1ccc(-c2cc(C(=O)N3CCN(c4cccc(Cl)c4)CC3)no2)cc1. The first-order valence-corrected chi connectivity index (χ1v) is 10.0. The molecule has 1 saturated heterocycles. The summed E-state index contributed by atoms with van der Waals surface area (Å²) in [6.45, 7) is 5.29. The lowest BCUT2D eigenvalue weighted by atomic mass is 10.1. The molecule has 2 heterocycles. The summed E-state index contributed by atoms with van der Waals surface area (Å²) in [4.78, 5) is 16.9. The van der Waals surface area contributed by atoms with E-state index >= 15 is 0 Å². The Balaban J connectivity index is 1.39. The number of carbonyl (C=O) groups is 1. The first-order chi connectivity index (χ1) is 14.1. The Morgan fingerprint density at radius 1 is 1.10 bits per heavy atom. The number of carbonyl (C=O) groups excluding carboxylic acids is 1. The quantitative estimate of drug-likeness (QED) is 0.624. The molecular weight excluding hydrogens is 390 g/mol. The van der Waals surface area contributed by atoms with Gasteiger partial charge in [-0.05, 0) is 49.4 Å². The van der Waals surface area contributed by atoms with Crippen molar-refractivity contribution in [2.75, 3.05) is 37.7 Å². The zero-order chi connectivity index (χ0) is 20.2. The van der Waals surface area contributed by atoms with Gasteiger partial charge in [-0.2, -0.15) is 0 Å². The summed E-state index contributed by atoms with van der Waals surface area (Å²) in [6, 6.07) is 17.0. The first-order valence-electron chi connectivity index (χ1n) is 9.64. The fourth-order valence-corrected chi connectivity index (χ4v) is 3.58. The molecule has 7 heteroatoms. The standard InChI is InChI=1S/C22H22ClN3O3/c1-2-28-19-8-6-16(7-9-19)21-15-20(24-29-21)22(27)26-12-10-25(11-13-26)18-5-3-4-17(23)14-18/h3-9,14-15H,2,10-13H2,1H3. The molecule has 1 aliphatic heterocycles. The minimum atomic E-state index is -0.114. The maximum atomic E-state index is 12.8. The number of benzene rings is 2. The molecule has 1 aromatic heterocycles. The zero-order valence-electron chi connectivity index (χ0n) is 16.2. The topological polar surface area (TPSA) is 58.8 Å². The van der Waals surface area contributed by atoms with E-state index in [1.54, 1.807) is 11.0 Å². The molecule has 6 nitrogen and oxygen atoms in total. The second kappa shape index (κ2) is 8.57. The maximum absolute atomic E-state index is 12.8. The van der Waals surface area contributed by atoms with Crippen LogP contribution in [0.2, 0.25) is 5.02 Å². The smallest absolute Gasteiger partial charge is 0.276 e. The number of aromatic nitrogens is 1. The highest BCUT2D eigenvalue weighted by molar-refractivity contribution is 6.30. The molecule has 2 aromatic carbocycles. The van der Waals surface area contributed by atoms with Gasteiger partial charge in [0, 0.05) is 48.5 Å². The highest BCUT2D eigenvalue weighted by atomic mass is 35.5. The van der Waals surface area contributed by atoms with Crippen LogP contribution in [-0.2, 0) is 0 Å². The van der Waals surface area contributed by atoms with E-state index in [9.17, 15) is 4.79 Å². The van der Waals surface area contributed by atoms with Gasteiger partial charge in [0.05, 0.1) is 6.61 Å². The molecule has 150 valence electrons. The first kappa shape index (κ1) is 19.3. The van der Waals surface area contributed by atoms with Crippen molar-refractivity contribution in [3.8, 4) is 17.1 Å². The van der Waals surface area contributed by atoms with Crippen molar-refractivity contribution in [1.82, 2.24) is 10.1 Å². The van der Waals surface area contributed by atoms with Gasteiger partial charge in [-0.1, -0.05) is 22.8 Å². The minimum absolute atomic E-state index is 0.114. The largest absolute Gasteiger partial charge is 0.494 e. The predicted octanol–water partition coefficient (Wildman–Crippen LogP) is 4.36. The fourth-order valence-electron chi connectivity index (χ4n) is 3.40. The second-order valence-electron chi connectivity index (χ2n) is 6.79. The Morgan fingerprint density at radius 3 is 2.55 bits per heavy atom. The Bertz CT molecular complexity index is 979. The van der Waals surface area contributed by atoms with E-state index < -0.39 is 0 Å². The summed E-state index contributed by atoms with van der Waals surface area (Å²) in [5, 5.41) is 4.70. The monoisotopic (exact) mass is 411 g/mol. The minimum Gasteiger partial charge on any atom is -0.494 e. The number of piperazine rings is 1. The molecule has 0 spiro atoms. The van der Waals surface area contributed by atoms with Gasteiger partial charge in [0.2, 0.25) is 0 Å². The van der Waals surface area contributed by atoms with Crippen LogP contribution in [0.15, 0.2) is 59.1 Å². The number of ether oxygens (including phenoxy) is 1. The van der Waals surface area contributed by atoms with Gasteiger partial charge in [0.1, 0.15) is 5.75 Å². The van der Waals surface area contributed by atoms with Crippen molar-refractivity contribution < 1.29 is 14.1 Å². The highest BCUT2D eigenvalue weighted by Gasteiger charge is 2.25. The molecule has 1 amide bonds. The number of rotatable bonds is 5. The summed E-state index contributed by atoms with van der Waals surface area (Å²) < 4.78 is 10.9. The average Bonchev–Trinajstić information content (AvgIpc) is 3.24. The van der Waals surface area contributed by atoms with Crippen LogP contribution in [0.5, 0.6) is 5.75 Å². The van der Waals surface area contributed by atoms with Gasteiger partial charge in [-0.15, -0.1) is 0 Å². The number of nitrogens with zero attached hydrogens (tertiary/aromatic N) is 3. The molecule has 0 aliphatic carbocycles. The average molecular weight is 412 g/mol. The van der Waals surface area contributed by atoms with E-state index in [-0.39, 0.29) is 5.91 Å². The molecule has 4 rings (SSSR count). The molecule has 0 radical (unpaired) electrons. The number of hydrogen-bond donors (Lipinski definition) is 0. The third kappa shape index (κ3) is 4.38. The molecule has 0 unspecified atom stereocenters. The Morgan fingerprint density at radius 2 is 1.86 bits per heavy atom. The van der Waals surface area contributed by atoms with Crippen LogP contribution in [0, 0.1) is 0 Å². The van der Waals surface area contributed by atoms with Gasteiger partial charge < -0.3 is 19.1 Å². The third-order valence-electron chi connectivity index (χ3n) is 4.92. The molecule has 0 N–H and O–H groups in total. The lowest BCUT2D eigenvalue weighted by Crippen LogP contribution is -2.48. The van der Waals surface area contributed by atoms with Crippen molar-refractivity contribution >= 4 is 23.2 Å². The van der Waals surface area contributed by atoms with E-state index in [0.717, 1.165) is 30.1 Å². The summed E-state index contributed by atoms with van der Waals surface area (Å²) in [5.74, 6) is 1.25. The van der Waals surface area contributed by atoms with Crippen molar-refractivity contribution in [1.29, 1.82) is 0 Å². The molecule has 0 atom stereocenters. The van der Waals surface area contributed by atoms with Crippen LogP contribution >= 0.6 is 11.6 Å². The zero-order valence-corrected chi connectivity index (χ0v) is 16.9. The lowest BCUT2D eigenvalue weighted by molar-refractivity contribution is 0.0736. The molecule has 1 aliphatic rings. The maximum Gasteiger partial charge on any atom is 0.276 e. The number of amides is 1. The van der Waals surface area contributed by atoms with E-state index in [1.165, 1.54) is 0 Å². The van der Waals surface area contributed by atoms with Crippen molar-refractivity contribution in [2.24, 2.45) is 0 Å². The van der Waals surface area contributed by atoms with Gasteiger partial charge in [-0.25, -0.2) is 0 Å². The highest BCUT2D eigenvalue weighted by Crippen LogP contribution is 2.25. The second-order valence-corrected chi connectivity index (χ2v) is 7.23. The van der Waals surface area contributed by atoms with Crippen molar-refractivity contribution in [2.45, 2.75) is 6.92 Å². The van der Waals surface area contributed by atoms with Gasteiger partial charge in [0.15, 0.2) is 11.5 Å². The Labute approximate surface area is 174 Å². The van der Waals surface area contributed by atoms with Crippen LogP contribution in [0.25, 0.3) is 11.3 Å². The van der Waals surface area contributed by atoms with Crippen LogP contribution in [0.1, 0.15) is 17.4 Å². The van der Waals surface area contributed by atoms with E-state index in [0.29, 0.717) is 36.2 Å². The Kier molecular flexibility index (Phi) is 5.71. The summed E-state index contributed by atoms with van der Waals surface area (Å²) in [5.41, 5.74) is 2.25. The number of anilines is 1. The van der Waals surface area contributed by atoms with Crippen molar-refractivity contribution in [3.63, 3.8) is 0 Å². The van der Waals surface area contributed by atoms with Crippen LogP contribution in [-0.4, -0.2) is 48.7 Å². The van der Waals surface area contributed by atoms with E-state index in [4.69, 9.17) is 20.9 Å². The lowest BCUT2D eigenvalue weighted by Gasteiger charge is -2.35. The van der Waals surface area contributed by atoms with E-state index in [1.807, 2.05) is 55.5 Å². The van der Waals surface area contributed by atoms with E-state index in [2.05, 4.69) is 10.1 Å². The number of hydrogen-bond acceptors (Lipinski definition) is 5. The van der Waals surface area contributed by atoms with Crippen LogP contribution < -0.4 is 9.64 Å².